The van der Waals surface area contributed by atoms with Gasteiger partial charge in [-0.1, -0.05) is 17.7 Å². The number of hydrogen-bond donors (Lipinski definition) is 1. The monoisotopic (exact) mass is 280 g/mol. The summed E-state index contributed by atoms with van der Waals surface area (Å²) in [7, 11) is 0. The molecule has 19 heavy (non-hydrogen) atoms. The van der Waals surface area contributed by atoms with Gasteiger partial charge < -0.3 is 10.5 Å². The van der Waals surface area contributed by atoms with Crippen molar-refractivity contribution in [2.75, 3.05) is 5.73 Å². The number of aromatic nitrogens is 2. The number of ether oxygens (including phenoxy) is 1. The van der Waals surface area contributed by atoms with Crippen molar-refractivity contribution in [2.24, 2.45) is 0 Å². The first-order valence-corrected chi connectivity index (χ1v) is 5.55. The van der Waals surface area contributed by atoms with Crippen molar-refractivity contribution in [3.05, 3.63) is 45.2 Å². The highest BCUT2D eigenvalue weighted by atomic mass is 35.5. The molecule has 0 aliphatic carbocycles. The minimum atomic E-state index is -0.702. The first kappa shape index (κ1) is 13.0. The first-order chi connectivity index (χ1) is 8.99. The van der Waals surface area contributed by atoms with Crippen LogP contribution in [-0.4, -0.2) is 14.9 Å². The number of nitrogen functional groups attached to an aromatic ring is 1. The Morgan fingerprint density at radius 2 is 2.16 bits per heavy atom. The Kier molecular flexibility index (Phi) is 3.48. The zero-order valence-electron chi connectivity index (χ0n) is 9.83. The van der Waals surface area contributed by atoms with Gasteiger partial charge in [-0.05, 0) is 24.6 Å². The topological polar surface area (TPSA) is 104 Å². The van der Waals surface area contributed by atoms with Crippen molar-refractivity contribution >= 4 is 23.1 Å². The summed E-state index contributed by atoms with van der Waals surface area (Å²) >= 11 is 5.98. The van der Waals surface area contributed by atoms with Crippen LogP contribution in [0.3, 0.4) is 0 Å². The van der Waals surface area contributed by atoms with Crippen LogP contribution in [0.4, 0.5) is 11.5 Å². The maximum atomic E-state index is 10.9. The van der Waals surface area contributed by atoms with Crippen LogP contribution in [0.2, 0.25) is 5.02 Å². The molecule has 1 aromatic heterocycles. The predicted octanol–water partition coefficient (Wildman–Crippen LogP) is 2.72. The summed E-state index contributed by atoms with van der Waals surface area (Å²) < 4.78 is 5.33. The number of anilines is 1. The molecule has 0 aliphatic rings. The number of benzene rings is 1. The molecule has 0 amide bonds. The molecule has 0 fully saturated rings. The van der Waals surface area contributed by atoms with E-state index in [0.717, 1.165) is 11.9 Å². The highest BCUT2D eigenvalue weighted by Gasteiger charge is 2.23. The van der Waals surface area contributed by atoms with Crippen LogP contribution in [0, 0.1) is 17.0 Å². The zero-order valence-corrected chi connectivity index (χ0v) is 10.6. The van der Waals surface area contributed by atoms with Gasteiger partial charge in [-0.2, -0.15) is 4.98 Å². The van der Waals surface area contributed by atoms with E-state index in [4.69, 9.17) is 22.1 Å². The summed E-state index contributed by atoms with van der Waals surface area (Å²) in [4.78, 5) is 17.5. The fourth-order valence-electron chi connectivity index (χ4n) is 1.41. The Balaban J connectivity index is 2.44. The Hall–Kier alpha value is -2.41. The van der Waals surface area contributed by atoms with E-state index in [2.05, 4.69) is 9.97 Å². The summed E-state index contributed by atoms with van der Waals surface area (Å²) in [5, 5.41) is 11.2. The lowest BCUT2D eigenvalue weighted by molar-refractivity contribution is -0.385. The summed E-state index contributed by atoms with van der Waals surface area (Å²) in [5.74, 6) is -0.255. The molecule has 98 valence electrons. The van der Waals surface area contributed by atoms with Crippen LogP contribution in [-0.2, 0) is 0 Å². The Bertz CT molecular complexity index is 648. The number of aryl methyl sites for hydroxylation is 1. The lowest BCUT2D eigenvalue weighted by Crippen LogP contribution is -2.02. The van der Waals surface area contributed by atoms with Gasteiger partial charge in [0.05, 0.1) is 9.95 Å². The molecule has 2 rings (SSSR count). The largest absolute Gasteiger partial charge is 0.432 e. The predicted molar refractivity (Wildman–Crippen MR) is 69.4 cm³/mol. The number of nitrogens with two attached hydrogens (primary N) is 1. The maximum Gasteiger partial charge on any atom is 0.372 e. The molecule has 2 N–H and O–H groups in total. The molecular weight excluding hydrogens is 272 g/mol. The second-order valence-electron chi connectivity index (χ2n) is 3.71. The van der Waals surface area contributed by atoms with Crippen molar-refractivity contribution < 1.29 is 9.66 Å². The summed E-state index contributed by atoms with van der Waals surface area (Å²) in [5.41, 5.74) is 5.88. The molecule has 0 aliphatic heterocycles. The van der Waals surface area contributed by atoms with E-state index in [-0.39, 0.29) is 17.4 Å². The zero-order chi connectivity index (χ0) is 14.0. The third kappa shape index (κ3) is 2.71. The maximum absolute atomic E-state index is 10.9. The van der Waals surface area contributed by atoms with E-state index < -0.39 is 10.6 Å². The van der Waals surface area contributed by atoms with Crippen LogP contribution in [0.15, 0.2) is 24.5 Å². The van der Waals surface area contributed by atoms with Gasteiger partial charge in [0.2, 0.25) is 5.82 Å². The van der Waals surface area contributed by atoms with Crippen LogP contribution in [0.1, 0.15) is 5.56 Å². The minimum Gasteiger partial charge on any atom is -0.432 e. The quantitative estimate of drug-likeness (QED) is 0.684. The van der Waals surface area contributed by atoms with Crippen molar-refractivity contribution in [1.29, 1.82) is 0 Å². The van der Waals surface area contributed by atoms with Crippen LogP contribution >= 0.6 is 11.6 Å². The summed E-state index contributed by atoms with van der Waals surface area (Å²) in [6, 6.07) is 5.03. The molecule has 0 saturated heterocycles. The number of nitro groups is 1. The van der Waals surface area contributed by atoms with Gasteiger partial charge in [0.1, 0.15) is 12.1 Å². The third-order valence-electron chi connectivity index (χ3n) is 2.29. The average Bonchev–Trinajstić information content (AvgIpc) is 2.32. The standard InChI is InChI=1S/C11H9ClN4O3/c1-6-2-3-8(7(12)4-6)19-11-9(16(17)18)10(13)14-5-15-11/h2-5H,1H3,(H2,13,14,15). The highest BCUT2D eigenvalue weighted by Crippen LogP contribution is 2.35. The second-order valence-corrected chi connectivity index (χ2v) is 4.11. The lowest BCUT2D eigenvalue weighted by atomic mass is 10.2. The second kappa shape index (κ2) is 5.07. The van der Waals surface area contributed by atoms with E-state index >= 15 is 0 Å². The minimum absolute atomic E-state index is 0.247. The molecule has 0 radical (unpaired) electrons. The highest BCUT2D eigenvalue weighted by molar-refractivity contribution is 6.32. The summed E-state index contributed by atoms with van der Waals surface area (Å²) in [6.45, 7) is 1.86. The number of rotatable bonds is 3. The van der Waals surface area contributed by atoms with Crippen LogP contribution in [0.5, 0.6) is 11.6 Å². The SMILES string of the molecule is Cc1ccc(Oc2ncnc(N)c2[N+](=O)[O-])c(Cl)c1. The Morgan fingerprint density at radius 1 is 1.42 bits per heavy atom. The van der Waals surface area contributed by atoms with E-state index in [1.54, 1.807) is 18.2 Å². The van der Waals surface area contributed by atoms with Gasteiger partial charge in [-0.25, -0.2) is 4.98 Å². The van der Waals surface area contributed by atoms with Crippen LogP contribution in [0.25, 0.3) is 0 Å². The molecule has 1 aromatic carbocycles. The smallest absolute Gasteiger partial charge is 0.372 e. The Morgan fingerprint density at radius 3 is 2.79 bits per heavy atom. The molecule has 8 heteroatoms. The Labute approximate surface area is 113 Å². The van der Waals surface area contributed by atoms with Gasteiger partial charge in [-0.3, -0.25) is 10.1 Å². The van der Waals surface area contributed by atoms with Gasteiger partial charge in [0.15, 0.2) is 0 Å². The fourth-order valence-corrected chi connectivity index (χ4v) is 1.69. The molecule has 0 unspecified atom stereocenters. The molecular formula is C11H9ClN4O3. The van der Waals surface area contributed by atoms with E-state index in [1.807, 2.05) is 6.92 Å². The van der Waals surface area contributed by atoms with Gasteiger partial charge in [0, 0.05) is 0 Å². The average molecular weight is 281 g/mol. The van der Waals surface area contributed by atoms with E-state index in [1.165, 1.54) is 0 Å². The molecule has 0 saturated carbocycles. The van der Waals surface area contributed by atoms with E-state index in [9.17, 15) is 10.1 Å². The van der Waals surface area contributed by atoms with Gasteiger partial charge >= 0.3 is 11.6 Å². The van der Waals surface area contributed by atoms with Crippen LogP contribution < -0.4 is 10.5 Å². The molecule has 0 spiro atoms. The van der Waals surface area contributed by atoms with Crippen molar-refractivity contribution in [2.45, 2.75) is 6.92 Å². The van der Waals surface area contributed by atoms with Gasteiger partial charge in [-0.15, -0.1) is 0 Å². The number of halogens is 1. The first-order valence-electron chi connectivity index (χ1n) is 5.18. The lowest BCUT2D eigenvalue weighted by Gasteiger charge is -2.07. The van der Waals surface area contributed by atoms with Crippen molar-refractivity contribution in [3.63, 3.8) is 0 Å². The summed E-state index contributed by atoms with van der Waals surface area (Å²) in [6.07, 6.45) is 1.08. The number of nitrogens with zero attached hydrogens (tertiary/aromatic N) is 3. The molecule has 0 atom stereocenters. The molecule has 2 aromatic rings. The number of hydrogen-bond acceptors (Lipinski definition) is 6. The van der Waals surface area contributed by atoms with Gasteiger partial charge in [0.25, 0.3) is 0 Å². The van der Waals surface area contributed by atoms with Crippen molar-refractivity contribution in [3.8, 4) is 11.6 Å². The molecule has 0 bridgehead atoms. The van der Waals surface area contributed by atoms with E-state index in [0.29, 0.717) is 5.02 Å². The third-order valence-corrected chi connectivity index (χ3v) is 2.59. The molecule has 7 nitrogen and oxygen atoms in total. The molecule has 1 heterocycles. The van der Waals surface area contributed by atoms with Crippen molar-refractivity contribution in [1.82, 2.24) is 9.97 Å². The normalized spacial score (nSPS) is 10.2. The fraction of sp³-hybridized carbons (Fsp3) is 0.0909.